The Morgan fingerprint density at radius 1 is 1.15 bits per heavy atom. The van der Waals surface area contributed by atoms with Crippen LogP contribution in [0.15, 0.2) is 53.4 Å². The third-order valence-corrected chi connectivity index (χ3v) is 5.23. The van der Waals surface area contributed by atoms with Gasteiger partial charge in [-0.3, -0.25) is 9.59 Å². The lowest BCUT2D eigenvalue weighted by molar-refractivity contribution is -0.114. The van der Waals surface area contributed by atoms with Gasteiger partial charge in [0.05, 0.1) is 12.0 Å². The van der Waals surface area contributed by atoms with E-state index in [4.69, 9.17) is 4.74 Å². The normalized spacial score (nSPS) is 16.2. The van der Waals surface area contributed by atoms with E-state index in [2.05, 4.69) is 24.5 Å². The van der Waals surface area contributed by atoms with Crippen molar-refractivity contribution in [1.82, 2.24) is 5.32 Å². The average molecular weight is 382 g/mol. The zero-order valence-electron chi connectivity index (χ0n) is 15.8. The van der Waals surface area contributed by atoms with Crippen molar-refractivity contribution < 1.29 is 14.3 Å². The number of amides is 1. The zero-order valence-corrected chi connectivity index (χ0v) is 16.6. The van der Waals surface area contributed by atoms with Crippen LogP contribution in [-0.4, -0.2) is 23.7 Å². The smallest absolute Gasteiger partial charge is 0.221 e. The molecule has 6 heteroatoms. The molecule has 0 spiro atoms. The van der Waals surface area contributed by atoms with Crippen molar-refractivity contribution >= 4 is 34.8 Å². The van der Waals surface area contributed by atoms with Crippen molar-refractivity contribution in [3.63, 3.8) is 0 Å². The fourth-order valence-electron chi connectivity index (χ4n) is 2.88. The maximum atomic E-state index is 12.8. The van der Waals surface area contributed by atoms with Crippen LogP contribution in [0.1, 0.15) is 36.7 Å². The highest BCUT2D eigenvalue weighted by atomic mass is 32.2. The SMILES string of the molecule is COc1ccc2c(c1)/C(=C/C(=O)c1ccc(NC(C)=O)cc1)NC(C)(C)S2. The number of methoxy groups -OCH3 is 1. The molecule has 0 unspecified atom stereocenters. The molecule has 0 radical (unpaired) electrons. The van der Waals surface area contributed by atoms with Crippen LogP contribution in [0.2, 0.25) is 0 Å². The molecule has 0 aliphatic carbocycles. The van der Waals surface area contributed by atoms with Crippen LogP contribution in [0.3, 0.4) is 0 Å². The number of allylic oxidation sites excluding steroid dienone is 1. The van der Waals surface area contributed by atoms with Crippen LogP contribution in [0.25, 0.3) is 5.70 Å². The van der Waals surface area contributed by atoms with Gasteiger partial charge in [0.15, 0.2) is 5.78 Å². The van der Waals surface area contributed by atoms with Gasteiger partial charge in [-0.2, -0.15) is 0 Å². The maximum absolute atomic E-state index is 12.8. The number of hydrogen-bond donors (Lipinski definition) is 2. The molecule has 1 heterocycles. The van der Waals surface area contributed by atoms with Gasteiger partial charge < -0.3 is 15.4 Å². The molecule has 2 aromatic rings. The number of rotatable bonds is 4. The van der Waals surface area contributed by atoms with Gasteiger partial charge in [0.2, 0.25) is 5.91 Å². The van der Waals surface area contributed by atoms with Crippen molar-refractivity contribution in [2.24, 2.45) is 0 Å². The summed E-state index contributed by atoms with van der Waals surface area (Å²) in [5.41, 5.74) is 2.93. The first kappa shape index (κ1) is 19.0. The molecule has 0 aromatic heterocycles. The minimum absolute atomic E-state index is 0.108. The molecule has 140 valence electrons. The van der Waals surface area contributed by atoms with E-state index in [-0.39, 0.29) is 16.6 Å². The summed E-state index contributed by atoms with van der Waals surface area (Å²) >= 11 is 1.71. The first-order valence-electron chi connectivity index (χ1n) is 8.57. The van der Waals surface area contributed by atoms with Gasteiger partial charge in [0.25, 0.3) is 0 Å². The number of hydrogen-bond acceptors (Lipinski definition) is 5. The molecule has 2 aromatic carbocycles. The van der Waals surface area contributed by atoms with Gasteiger partial charge in [0.1, 0.15) is 5.75 Å². The summed E-state index contributed by atoms with van der Waals surface area (Å²) in [4.78, 5) is 24.8. The van der Waals surface area contributed by atoms with E-state index in [1.54, 1.807) is 49.2 Å². The van der Waals surface area contributed by atoms with Crippen molar-refractivity contribution in [1.29, 1.82) is 0 Å². The largest absolute Gasteiger partial charge is 0.497 e. The summed E-state index contributed by atoms with van der Waals surface area (Å²) in [5.74, 6) is 0.491. The highest BCUT2D eigenvalue weighted by molar-refractivity contribution is 8.00. The summed E-state index contributed by atoms with van der Waals surface area (Å²) in [6, 6.07) is 12.7. The van der Waals surface area contributed by atoms with Crippen LogP contribution in [0.4, 0.5) is 5.69 Å². The van der Waals surface area contributed by atoms with Crippen LogP contribution >= 0.6 is 11.8 Å². The highest BCUT2D eigenvalue weighted by Crippen LogP contribution is 2.42. The van der Waals surface area contributed by atoms with Crippen LogP contribution in [-0.2, 0) is 4.79 Å². The second-order valence-electron chi connectivity index (χ2n) is 6.78. The third kappa shape index (κ3) is 4.52. The van der Waals surface area contributed by atoms with Crippen molar-refractivity contribution in [3.05, 3.63) is 59.7 Å². The second-order valence-corrected chi connectivity index (χ2v) is 8.44. The summed E-state index contributed by atoms with van der Waals surface area (Å²) in [7, 11) is 1.63. The molecule has 1 aliphatic rings. The summed E-state index contributed by atoms with van der Waals surface area (Å²) in [5, 5.41) is 6.12. The van der Waals surface area contributed by atoms with Crippen molar-refractivity contribution in [2.75, 3.05) is 12.4 Å². The van der Waals surface area contributed by atoms with Gasteiger partial charge in [-0.15, -0.1) is 0 Å². The Bertz CT molecular complexity index is 918. The molecule has 0 saturated carbocycles. The Hall–Kier alpha value is -2.73. The van der Waals surface area contributed by atoms with E-state index in [0.717, 1.165) is 21.9 Å². The molecule has 0 saturated heterocycles. The van der Waals surface area contributed by atoms with E-state index in [1.807, 2.05) is 18.2 Å². The standard InChI is InChI=1S/C21H22N2O3S/c1-13(24)22-15-7-5-14(6-8-15)19(25)12-18-17-11-16(26-4)9-10-20(17)27-21(2,3)23-18/h5-12,23H,1-4H3,(H,22,24)/b18-12-. The molecule has 27 heavy (non-hydrogen) atoms. The van der Waals surface area contributed by atoms with E-state index < -0.39 is 0 Å². The van der Waals surface area contributed by atoms with Gasteiger partial charge >= 0.3 is 0 Å². The summed E-state index contributed by atoms with van der Waals surface area (Å²) in [6.45, 7) is 5.60. The topological polar surface area (TPSA) is 67.4 Å². The molecule has 0 atom stereocenters. The zero-order chi connectivity index (χ0) is 19.6. The number of thioether (sulfide) groups is 1. The lowest BCUT2D eigenvalue weighted by atomic mass is 10.0. The second kappa shape index (κ2) is 7.48. The maximum Gasteiger partial charge on any atom is 0.221 e. The van der Waals surface area contributed by atoms with E-state index in [1.165, 1.54) is 6.92 Å². The monoisotopic (exact) mass is 382 g/mol. The number of ether oxygens (including phenoxy) is 1. The molecule has 0 fully saturated rings. The Labute approximate surface area is 163 Å². The molecule has 1 amide bonds. The lowest BCUT2D eigenvalue weighted by Crippen LogP contribution is -2.37. The highest BCUT2D eigenvalue weighted by Gasteiger charge is 2.29. The number of benzene rings is 2. The molecule has 2 N–H and O–H groups in total. The predicted molar refractivity (Wildman–Crippen MR) is 109 cm³/mol. The molecule has 5 nitrogen and oxygen atoms in total. The average Bonchev–Trinajstić information content (AvgIpc) is 2.60. The van der Waals surface area contributed by atoms with Gasteiger partial charge in [0, 0.05) is 40.4 Å². The minimum atomic E-state index is -0.233. The molecule has 3 rings (SSSR count). The fraction of sp³-hybridized carbons (Fsp3) is 0.238. The number of fused-ring (bicyclic) bond motifs is 1. The number of anilines is 1. The molecular weight excluding hydrogens is 360 g/mol. The van der Waals surface area contributed by atoms with Crippen LogP contribution < -0.4 is 15.4 Å². The Balaban J connectivity index is 1.93. The van der Waals surface area contributed by atoms with E-state index >= 15 is 0 Å². The first-order valence-corrected chi connectivity index (χ1v) is 9.38. The third-order valence-electron chi connectivity index (χ3n) is 4.04. The minimum Gasteiger partial charge on any atom is -0.497 e. The summed E-state index contributed by atoms with van der Waals surface area (Å²) < 4.78 is 5.33. The van der Waals surface area contributed by atoms with E-state index in [9.17, 15) is 9.59 Å². The van der Waals surface area contributed by atoms with Crippen LogP contribution in [0.5, 0.6) is 5.75 Å². The Morgan fingerprint density at radius 3 is 2.48 bits per heavy atom. The molecular formula is C21H22N2O3S. The van der Waals surface area contributed by atoms with E-state index in [0.29, 0.717) is 11.3 Å². The number of ketones is 1. The Morgan fingerprint density at radius 2 is 1.85 bits per heavy atom. The van der Waals surface area contributed by atoms with Crippen molar-refractivity contribution in [3.8, 4) is 5.75 Å². The quantitative estimate of drug-likeness (QED) is 0.609. The first-order chi connectivity index (χ1) is 12.8. The number of carbonyl (C=O) groups is 2. The number of nitrogens with one attached hydrogen (secondary N) is 2. The number of carbonyl (C=O) groups excluding carboxylic acids is 2. The summed E-state index contributed by atoms with van der Waals surface area (Å²) in [6.07, 6.45) is 1.62. The predicted octanol–water partition coefficient (Wildman–Crippen LogP) is 4.31. The molecule has 0 bridgehead atoms. The fourth-order valence-corrected chi connectivity index (χ4v) is 4.00. The Kier molecular flexibility index (Phi) is 5.28. The van der Waals surface area contributed by atoms with Crippen molar-refractivity contribution in [2.45, 2.75) is 30.5 Å². The van der Waals surface area contributed by atoms with Crippen LogP contribution in [0, 0.1) is 0 Å². The van der Waals surface area contributed by atoms with Gasteiger partial charge in [-0.05, 0) is 56.3 Å². The molecule has 1 aliphatic heterocycles. The van der Waals surface area contributed by atoms with Gasteiger partial charge in [-0.25, -0.2) is 0 Å². The lowest BCUT2D eigenvalue weighted by Gasteiger charge is -2.34. The van der Waals surface area contributed by atoms with Gasteiger partial charge in [-0.1, -0.05) is 11.8 Å².